The van der Waals surface area contributed by atoms with E-state index < -0.39 is 11.6 Å². The lowest BCUT2D eigenvalue weighted by Crippen LogP contribution is -2.16. The van der Waals surface area contributed by atoms with Crippen LogP contribution in [-0.4, -0.2) is 16.2 Å². The molecule has 0 amide bonds. The number of aliphatic hydroxyl groups is 1. The topological polar surface area (TPSA) is 57.5 Å². The summed E-state index contributed by atoms with van der Waals surface area (Å²) in [5.74, 6) is -0.166. The highest BCUT2D eigenvalue weighted by molar-refractivity contribution is 7.19. The number of aliphatic carboxylic acids is 1. The molecule has 0 radical (unpaired) electrons. The quantitative estimate of drug-likeness (QED) is 0.782. The highest BCUT2D eigenvalue weighted by Gasteiger charge is 2.23. The fourth-order valence-corrected chi connectivity index (χ4v) is 3.88. The molecule has 1 aromatic heterocycles. The number of hydrogen-bond donors (Lipinski definition) is 2. The smallest absolute Gasteiger partial charge is 0.300 e. The molecule has 1 fully saturated rings. The van der Waals surface area contributed by atoms with E-state index in [1.807, 2.05) is 25.1 Å². The second-order valence-corrected chi connectivity index (χ2v) is 7.30. The van der Waals surface area contributed by atoms with Gasteiger partial charge in [-0.2, -0.15) is 0 Å². The van der Waals surface area contributed by atoms with Gasteiger partial charge in [-0.05, 0) is 43.2 Å². The summed E-state index contributed by atoms with van der Waals surface area (Å²) >= 11 is 1.69. The normalized spacial score (nSPS) is 17.9. The van der Waals surface area contributed by atoms with Crippen LogP contribution in [0.15, 0.2) is 42.5 Å². The molecule has 1 heterocycles. The summed E-state index contributed by atoms with van der Waals surface area (Å²) in [6, 6.07) is 10.4. The van der Waals surface area contributed by atoms with Crippen LogP contribution in [0.2, 0.25) is 0 Å². The number of carboxylic acid groups (broad SMARTS) is 1. The Morgan fingerprint density at radius 3 is 2.52 bits per heavy atom. The molecule has 4 heteroatoms. The molecule has 2 aromatic rings. The van der Waals surface area contributed by atoms with Gasteiger partial charge in [0.2, 0.25) is 0 Å². The Morgan fingerprint density at radius 1 is 1.30 bits per heavy atom. The molecule has 23 heavy (non-hydrogen) atoms. The van der Waals surface area contributed by atoms with Crippen LogP contribution >= 0.6 is 11.3 Å². The van der Waals surface area contributed by atoms with E-state index in [1.54, 1.807) is 11.3 Å². The van der Waals surface area contributed by atoms with Crippen molar-refractivity contribution in [2.24, 2.45) is 5.92 Å². The molecule has 1 aliphatic carbocycles. The molecule has 1 aromatic carbocycles. The van der Waals surface area contributed by atoms with Crippen LogP contribution in [0.3, 0.4) is 0 Å². The van der Waals surface area contributed by atoms with Crippen LogP contribution in [0.5, 0.6) is 0 Å². The summed E-state index contributed by atoms with van der Waals surface area (Å²) in [6.45, 7) is 2.98. The minimum absolute atomic E-state index is 0.667. The first-order valence-corrected chi connectivity index (χ1v) is 8.80. The molecule has 0 saturated heterocycles. The number of benzene rings is 1. The predicted octanol–water partition coefficient (Wildman–Crippen LogP) is 4.95. The van der Waals surface area contributed by atoms with Crippen LogP contribution in [0.4, 0.5) is 0 Å². The number of allylic oxidation sites excluding steroid dienone is 1. The van der Waals surface area contributed by atoms with Crippen molar-refractivity contribution in [3.8, 4) is 0 Å². The molecule has 2 N–H and O–H groups in total. The van der Waals surface area contributed by atoms with E-state index in [0.717, 1.165) is 11.8 Å². The number of fused-ring (bicyclic) bond motifs is 1. The summed E-state index contributed by atoms with van der Waals surface area (Å²) in [6.07, 6.45) is 9.43. The van der Waals surface area contributed by atoms with Crippen LogP contribution < -0.4 is 0 Å². The molecule has 1 atom stereocenters. The summed E-state index contributed by atoms with van der Waals surface area (Å²) in [5, 5.41) is 19.3. The van der Waals surface area contributed by atoms with E-state index in [2.05, 4.69) is 24.3 Å². The van der Waals surface area contributed by atoms with Gasteiger partial charge in [-0.3, -0.25) is 4.79 Å². The average molecular weight is 332 g/mol. The van der Waals surface area contributed by atoms with Gasteiger partial charge < -0.3 is 10.2 Å². The van der Waals surface area contributed by atoms with Crippen LogP contribution in [-0.2, 0) is 10.4 Å². The second kappa shape index (κ2) is 7.75. The minimum Gasteiger partial charge on any atom is -0.481 e. The first-order valence-electron chi connectivity index (χ1n) is 7.99. The molecule has 0 aliphatic heterocycles. The van der Waals surface area contributed by atoms with Gasteiger partial charge in [-0.1, -0.05) is 43.2 Å². The second-order valence-electron chi connectivity index (χ2n) is 6.22. The maximum absolute atomic E-state index is 10.7. The van der Waals surface area contributed by atoms with E-state index >= 15 is 0 Å². The zero-order valence-electron chi connectivity index (χ0n) is 13.7. The van der Waals surface area contributed by atoms with Crippen molar-refractivity contribution < 1.29 is 15.0 Å². The molecular formula is C19H24O3S. The van der Waals surface area contributed by atoms with Gasteiger partial charge >= 0.3 is 0 Å². The van der Waals surface area contributed by atoms with Crippen LogP contribution in [0, 0.1) is 5.92 Å². The lowest BCUT2D eigenvalue weighted by atomic mass is 9.99. The van der Waals surface area contributed by atoms with Crippen molar-refractivity contribution in [2.75, 3.05) is 0 Å². The summed E-state index contributed by atoms with van der Waals surface area (Å²) in [4.78, 5) is 10.0. The monoisotopic (exact) mass is 332 g/mol. The molecular weight excluding hydrogens is 308 g/mol. The molecule has 0 spiro atoms. The standard InChI is InChI=1S/C17H20OS.C2H4O2/c1-17(18,11-10-13-6-2-3-7-13)16-12-14-8-4-5-9-15(14)19-16;1-2(3)4/h4-5,8-13,18H,2-3,6-7H2,1H3;1H3,(H,3,4)/b11-10+;. The predicted molar refractivity (Wildman–Crippen MR) is 95.8 cm³/mol. The van der Waals surface area contributed by atoms with Crippen molar-refractivity contribution in [1.82, 2.24) is 0 Å². The van der Waals surface area contributed by atoms with E-state index in [1.165, 1.54) is 35.8 Å². The Bertz CT molecular complexity index is 642. The number of carbonyl (C=O) groups is 1. The highest BCUT2D eigenvalue weighted by atomic mass is 32.1. The average Bonchev–Trinajstić information content (AvgIpc) is 3.14. The first kappa shape index (κ1) is 17.7. The Balaban J connectivity index is 0.000000433. The third kappa shape index (κ3) is 5.19. The van der Waals surface area contributed by atoms with Gasteiger partial charge in [-0.15, -0.1) is 11.3 Å². The fourth-order valence-electron chi connectivity index (χ4n) is 2.79. The number of hydrogen-bond acceptors (Lipinski definition) is 3. The molecule has 3 rings (SSSR count). The zero-order valence-corrected chi connectivity index (χ0v) is 14.5. The zero-order chi connectivity index (χ0) is 16.9. The molecule has 1 saturated carbocycles. The van der Waals surface area contributed by atoms with E-state index in [9.17, 15) is 5.11 Å². The molecule has 1 aliphatic rings. The minimum atomic E-state index is -0.841. The lowest BCUT2D eigenvalue weighted by molar-refractivity contribution is -0.134. The third-order valence-corrected chi connectivity index (χ3v) is 5.36. The Hall–Kier alpha value is -1.65. The summed E-state index contributed by atoms with van der Waals surface area (Å²) < 4.78 is 1.24. The van der Waals surface area contributed by atoms with Crippen molar-refractivity contribution in [3.05, 3.63) is 47.4 Å². The Kier molecular flexibility index (Phi) is 5.97. The summed E-state index contributed by atoms with van der Waals surface area (Å²) in [5.41, 5.74) is -0.841. The Labute approximate surface area is 141 Å². The summed E-state index contributed by atoms with van der Waals surface area (Å²) in [7, 11) is 0. The van der Waals surface area contributed by atoms with Gasteiger partial charge in [-0.25, -0.2) is 0 Å². The van der Waals surface area contributed by atoms with Gasteiger partial charge in [0.05, 0.1) is 0 Å². The van der Waals surface area contributed by atoms with Crippen molar-refractivity contribution in [2.45, 2.75) is 45.1 Å². The maximum Gasteiger partial charge on any atom is 0.300 e. The SMILES string of the molecule is CC(=O)O.CC(O)(/C=C/C1CCCC1)c1cc2ccccc2s1. The van der Waals surface area contributed by atoms with Gasteiger partial charge in [0.15, 0.2) is 0 Å². The van der Waals surface area contributed by atoms with Crippen LogP contribution in [0.25, 0.3) is 10.1 Å². The fraction of sp³-hybridized carbons (Fsp3) is 0.421. The first-order chi connectivity index (χ1) is 10.9. The molecule has 1 unspecified atom stereocenters. The van der Waals surface area contributed by atoms with E-state index in [-0.39, 0.29) is 0 Å². The highest BCUT2D eigenvalue weighted by Crippen LogP contribution is 2.35. The molecule has 124 valence electrons. The van der Waals surface area contributed by atoms with Crippen molar-refractivity contribution in [3.63, 3.8) is 0 Å². The van der Waals surface area contributed by atoms with E-state index in [4.69, 9.17) is 9.90 Å². The number of rotatable bonds is 3. The third-order valence-electron chi connectivity index (χ3n) is 4.02. The Morgan fingerprint density at radius 2 is 1.91 bits per heavy atom. The number of carboxylic acids is 1. The van der Waals surface area contributed by atoms with Gasteiger partial charge in [0.25, 0.3) is 5.97 Å². The largest absolute Gasteiger partial charge is 0.481 e. The number of thiophene rings is 1. The van der Waals surface area contributed by atoms with Gasteiger partial charge in [0, 0.05) is 16.5 Å². The van der Waals surface area contributed by atoms with Crippen molar-refractivity contribution >= 4 is 27.4 Å². The van der Waals surface area contributed by atoms with E-state index in [0.29, 0.717) is 5.92 Å². The van der Waals surface area contributed by atoms with Crippen molar-refractivity contribution in [1.29, 1.82) is 0 Å². The lowest BCUT2D eigenvalue weighted by Gasteiger charge is -2.17. The van der Waals surface area contributed by atoms with Gasteiger partial charge in [0.1, 0.15) is 5.60 Å². The van der Waals surface area contributed by atoms with Crippen LogP contribution in [0.1, 0.15) is 44.4 Å². The maximum atomic E-state index is 10.7. The molecule has 3 nitrogen and oxygen atoms in total. The molecule has 0 bridgehead atoms.